The van der Waals surface area contributed by atoms with Gasteiger partial charge >= 0.3 is 48.5 Å². The van der Waals surface area contributed by atoms with E-state index in [0.717, 1.165) is 0 Å². The molecular weight excluding hydrogens is 188 g/mol. The van der Waals surface area contributed by atoms with Gasteiger partial charge in [0.2, 0.25) is 0 Å². The van der Waals surface area contributed by atoms with Gasteiger partial charge in [-0.05, 0) is 0 Å². The Morgan fingerprint density at radius 3 is 1.50 bits per heavy atom. The molecule has 0 aliphatic heterocycles. The Morgan fingerprint density at radius 1 is 1.20 bits per heavy atom. The Hall–Kier alpha value is -0.720. The monoisotopic (exact) mass is 188 g/mol. The van der Waals surface area contributed by atoms with Gasteiger partial charge in [-0.3, -0.25) is 0 Å². The second kappa shape index (κ2) is 1.31. The Bertz CT molecular complexity index is 164. The molecule has 0 spiro atoms. The van der Waals surface area contributed by atoms with Crippen LogP contribution in [0.5, 0.6) is 0 Å². The first-order valence-electron chi connectivity index (χ1n) is 1.58. The normalized spacial score (nSPS) is 18.9. The maximum atomic E-state index is 10.8. The van der Waals surface area contributed by atoms with Crippen LogP contribution in [-0.2, 0) is 4.62 Å². The third kappa shape index (κ3) is 7.28. The molecule has 64 valence electrons. The van der Waals surface area contributed by atoms with Gasteiger partial charge in [0.1, 0.15) is 0 Å². The van der Waals surface area contributed by atoms with Gasteiger partial charge in [-0.15, -0.1) is 0 Å². The third-order valence-corrected chi connectivity index (χ3v) is 0.663. The molecular formula is F5NO3P-. The number of halogens is 5. The van der Waals surface area contributed by atoms with Gasteiger partial charge < -0.3 is 0 Å². The average Bonchev–Trinajstić information content (AvgIpc) is 1.12. The first kappa shape index (κ1) is 9.28. The van der Waals surface area contributed by atoms with Crippen molar-refractivity contribution in [3.05, 3.63) is 10.1 Å². The second-order valence-electron chi connectivity index (χ2n) is 1.29. The van der Waals surface area contributed by atoms with E-state index < -0.39 is 12.8 Å². The zero-order chi connectivity index (χ0) is 8.69. The summed E-state index contributed by atoms with van der Waals surface area (Å²) in [6.07, 6.45) is 0. The summed E-state index contributed by atoms with van der Waals surface area (Å²) in [4.78, 5) is 8.84. The van der Waals surface area contributed by atoms with Gasteiger partial charge in [0, 0.05) is 0 Å². The molecule has 4 nitrogen and oxygen atoms in total. The minimum atomic E-state index is -10.5. The van der Waals surface area contributed by atoms with E-state index in [0.29, 0.717) is 0 Å². The van der Waals surface area contributed by atoms with Crippen LogP contribution >= 0.6 is 7.72 Å². The number of hydrogen-bond acceptors (Lipinski definition) is 3. The molecule has 10 heavy (non-hydrogen) atoms. The molecule has 0 aliphatic carbocycles. The molecule has 0 rings (SSSR count). The van der Waals surface area contributed by atoms with Crippen molar-refractivity contribution in [2.45, 2.75) is 0 Å². The predicted molar refractivity (Wildman–Crippen MR) is 20.5 cm³/mol. The second-order valence-corrected chi connectivity index (χ2v) is 3.42. The van der Waals surface area contributed by atoms with E-state index in [1.807, 2.05) is 0 Å². The molecule has 0 N–H and O–H groups in total. The van der Waals surface area contributed by atoms with Crippen LogP contribution in [0.4, 0.5) is 21.0 Å². The number of nitrogens with zero attached hydrogens (tertiary/aromatic N) is 1. The van der Waals surface area contributed by atoms with Crippen LogP contribution in [-0.4, -0.2) is 5.09 Å². The first-order chi connectivity index (χ1) is 3.89. The number of hydrogen-bond donors (Lipinski definition) is 0. The predicted octanol–water partition coefficient (Wildman–Crippen LogP) is 2.62. The molecule has 10 heteroatoms. The van der Waals surface area contributed by atoms with Crippen LogP contribution in [0.25, 0.3) is 0 Å². The average molecular weight is 188 g/mol. The van der Waals surface area contributed by atoms with Gasteiger partial charge in [0.05, 0.1) is 0 Å². The third-order valence-electron chi connectivity index (χ3n) is 0.221. The van der Waals surface area contributed by atoms with E-state index in [-0.39, 0.29) is 0 Å². The molecule has 0 saturated heterocycles. The molecule has 0 bridgehead atoms. The summed E-state index contributed by atoms with van der Waals surface area (Å²) < 4.78 is 55.4. The van der Waals surface area contributed by atoms with Crippen molar-refractivity contribution in [2.24, 2.45) is 0 Å². The van der Waals surface area contributed by atoms with Gasteiger partial charge in [0.15, 0.2) is 0 Å². The van der Waals surface area contributed by atoms with E-state index >= 15 is 0 Å². The van der Waals surface area contributed by atoms with Crippen molar-refractivity contribution < 1.29 is 30.7 Å². The van der Waals surface area contributed by atoms with Gasteiger partial charge in [0.25, 0.3) is 0 Å². The van der Waals surface area contributed by atoms with Crippen molar-refractivity contribution in [3.8, 4) is 0 Å². The fraction of sp³-hybridized carbons (Fsp3) is 0. The molecule has 0 aromatic carbocycles. The summed E-state index contributed by atoms with van der Waals surface area (Å²) in [5.41, 5.74) is 0. The van der Waals surface area contributed by atoms with Crippen LogP contribution in [0.3, 0.4) is 0 Å². The van der Waals surface area contributed by atoms with E-state index in [9.17, 15) is 21.0 Å². The van der Waals surface area contributed by atoms with Gasteiger partial charge in [-0.25, -0.2) is 0 Å². The van der Waals surface area contributed by atoms with Gasteiger partial charge in [-0.1, -0.05) is 0 Å². The molecule has 0 atom stereocenters. The van der Waals surface area contributed by atoms with Crippen molar-refractivity contribution in [3.63, 3.8) is 0 Å². The van der Waals surface area contributed by atoms with Gasteiger partial charge in [-0.2, -0.15) is 0 Å². The summed E-state index contributed by atoms with van der Waals surface area (Å²) in [6, 6.07) is 0. The Kier molecular flexibility index (Phi) is 1.22. The van der Waals surface area contributed by atoms with Crippen LogP contribution in [0.1, 0.15) is 0 Å². The maximum absolute atomic E-state index is 10.8. The van der Waals surface area contributed by atoms with Crippen molar-refractivity contribution in [1.82, 2.24) is 0 Å². The topological polar surface area (TPSA) is 52.4 Å². The fourth-order valence-corrected chi connectivity index (χ4v) is 0.378. The van der Waals surface area contributed by atoms with Crippen LogP contribution in [0.15, 0.2) is 0 Å². The van der Waals surface area contributed by atoms with Crippen molar-refractivity contribution in [2.75, 3.05) is 0 Å². The molecule has 0 heterocycles. The molecule has 0 saturated carbocycles. The fourth-order valence-electron chi connectivity index (χ4n) is 0.126. The molecule has 0 aromatic rings. The molecule has 0 amide bonds. The summed E-state index contributed by atoms with van der Waals surface area (Å²) in [6.45, 7) is 0. The first-order valence-corrected chi connectivity index (χ1v) is 3.63. The molecule has 0 aromatic heterocycles. The molecule has 0 fully saturated rings. The molecule has 0 radical (unpaired) electrons. The standard InChI is InChI=1S/F5NO3P/c1-10(2,3,4,5)9-6(7)8/q-1. The zero-order valence-corrected chi connectivity index (χ0v) is 4.90. The van der Waals surface area contributed by atoms with Crippen molar-refractivity contribution in [1.29, 1.82) is 0 Å². The van der Waals surface area contributed by atoms with E-state index in [1.165, 1.54) is 4.62 Å². The molecule has 0 aliphatic rings. The zero-order valence-electron chi connectivity index (χ0n) is 4.01. The quantitative estimate of drug-likeness (QED) is 0.289. The van der Waals surface area contributed by atoms with E-state index in [1.54, 1.807) is 0 Å². The van der Waals surface area contributed by atoms with Crippen molar-refractivity contribution >= 4 is 7.72 Å². The van der Waals surface area contributed by atoms with Crippen LogP contribution in [0, 0.1) is 10.1 Å². The summed E-state index contributed by atoms with van der Waals surface area (Å²) in [7, 11) is -10.5. The summed E-state index contributed by atoms with van der Waals surface area (Å²) in [5.74, 6) is 0. The Balaban J connectivity index is 4.59. The van der Waals surface area contributed by atoms with E-state index in [2.05, 4.69) is 0 Å². The minimum absolute atomic E-state index is 1.34. The Labute approximate surface area is 49.9 Å². The SMILES string of the molecule is O=[N+]([O-])O[P-](F)(F)(F)(F)F. The molecule has 0 unspecified atom stereocenters. The van der Waals surface area contributed by atoms with Crippen LogP contribution < -0.4 is 0 Å². The van der Waals surface area contributed by atoms with Crippen LogP contribution in [0.2, 0.25) is 0 Å². The summed E-state index contributed by atoms with van der Waals surface area (Å²) in [5, 5.41) is 6.26. The summed E-state index contributed by atoms with van der Waals surface area (Å²) >= 11 is 0. The Morgan fingerprint density at radius 2 is 1.50 bits per heavy atom. The number of rotatable bonds is 2. The van der Waals surface area contributed by atoms with E-state index in [4.69, 9.17) is 10.1 Å².